The maximum atomic E-state index is 10.2. The second-order valence-corrected chi connectivity index (χ2v) is 5.87. The first kappa shape index (κ1) is 14.9. The molecular formula is C14H18N4O5. The molecule has 2 aliphatic rings. The number of aliphatic hydroxyl groups excluding tert-OH is 3. The maximum absolute atomic E-state index is 10.2. The Morgan fingerprint density at radius 3 is 2.78 bits per heavy atom. The molecule has 4 heterocycles. The van der Waals surface area contributed by atoms with Gasteiger partial charge in [-0.1, -0.05) is 0 Å². The van der Waals surface area contributed by atoms with Gasteiger partial charge in [-0.25, -0.2) is 15.0 Å². The summed E-state index contributed by atoms with van der Waals surface area (Å²) < 4.78 is 12.5. The van der Waals surface area contributed by atoms with Crippen molar-refractivity contribution in [3.05, 3.63) is 18.3 Å². The molecular weight excluding hydrogens is 304 g/mol. The van der Waals surface area contributed by atoms with Gasteiger partial charge in [0, 0.05) is 12.5 Å². The molecule has 0 spiro atoms. The van der Waals surface area contributed by atoms with Crippen molar-refractivity contribution in [2.45, 2.75) is 36.9 Å². The highest BCUT2D eigenvalue weighted by Crippen LogP contribution is 2.33. The van der Waals surface area contributed by atoms with Gasteiger partial charge in [0.2, 0.25) is 0 Å². The fourth-order valence-corrected chi connectivity index (χ4v) is 3.22. The number of imidazole rings is 1. The molecule has 0 radical (unpaired) electrons. The van der Waals surface area contributed by atoms with E-state index in [9.17, 15) is 15.3 Å². The van der Waals surface area contributed by atoms with Crippen LogP contribution >= 0.6 is 0 Å². The zero-order valence-electron chi connectivity index (χ0n) is 12.3. The fourth-order valence-electron chi connectivity index (χ4n) is 3.22. The van der Waals surface area contributed by atoms with Crippen molar-refractivity contribution in [1.82, 2.24) is 19.5 Å². The number of rotatable bonds is 3. The molecule has 9 nitrogen and oxygen atoms in total. The monoisotopic (exact) mass is 322 g/mol. The highest BCUT2D eigenvalue weighted by atomic mass is 16.6. The van der Waals surface area contributed by atoms with Gasteiger partial charge in [-0.05, 0) is 6.42 Å². The van der Waals surface area contributed by atoms with E-state index in [1.807, 2.05) is 0 Å². The molecule has 2 aliphatic heterocycles. The van der Waals surface area contributed by atoms with Crippen molar-refractivity contribution >= 4 is 11.2 Å². The first-order valence-corrected chi connectivity index (χ1v) is 7.58. The normalized spacial score (nSPS) is 34.5. The molecule has 2 aromatic heterocycles. The molecule has 0 bridgehead atoms. The van der Waals surface area contributed by atoms with Gasteiger partial charge in [0.05, 0.1) is 25.2 Å². The number of fused-ring (bicyclic) bond motifs is 1. The van der Waals surface area contributed by atoms with E-state index in [1.165, 1.54) is 12.7 Å². The van der Waals surface area contributed by atoms with Crippen LogP contribution in [0, 0.1) is 0 Å². The molecule has 3 N–H and O–H groups in total. The van der Waals surface area contributed by atoms with E-state index < -0.39 is 24.5 Å². The highest BCUT2D eigenvalue weighted by molar-refractivity contribution is 5.74. The minimum absolute atomic E-state index is 0.175. The van der Waals surface area contributed by atoms with E-state index in [2.05, 4.69) is 15.0 Å². The van der Waals surface area contributed by atoms with E-state index in [0.717, 1.165) is 12.1 Å². The lowest BCUT2D eigenvalue weighted by Crippen LogP contribution is -2.33. The summed E-state index contributed by atoms with van der Waals surface area (Å²) in [6, 6.07) is 0. The second kappa shape index (κ2) is 5.77. The molecule has 4 rings (SSSR count). The number of ether oxygens (including phenoxy) is 2. The molecule has 9 heteroatoms. The lowest BCUT2D eigenvalue weighted by molar-refractivity contribution is -0.0511. The summed E-state index contributed by atoms with van der Waals surface area (Å²) in [6.45, 7) is 0.930. The minimum Gasteiger partial charge on any atom is -0.394 e. The lowest BCUT2D eigenvalue weighted by atomic mass is 10.0. The average Bonchev–Trinajstić information content (AvgIpc) is 3.28. The van der Waals surface area contributed by atoms with Gasteiger partial charge in [0.15, 0.2) is 11.9 Å². The third-order valence-electron chi connectivity index (χ3n) is 4.49. The van der Waals surface area contributed by atoms with Crippen LogP contribution in [0.2, 0.25) is 0 Å². The van der Waals surface area contributed by atoms with E-state index in [0.29, 0.717) is 24.4 Å². The Balaban J connectivity index is 1.73. The van der Waals surface area contributed by atoms with Gasteiger partial charge in [0.1, 0.15) is 30.2 Å². The molecule has 2 fully saturated rings. The SMILES string of the molecule is OC[C@H]1O[C@@H](n2cnc3c(C4CCOC4)ncnc32)[C@@H](O)[C@H]1O. The van der Waals surface area contributed by atoms with Gasteiger partial charge in [0.25, 0.3) is 0 Å². The number of hydrogen-bond acceptors (Lipinski definition) is 8. The van der Waals surface area contributed by atoms with Crippen LogP contribution in [-0.4, -0.2) is 73.0 Å². The van der Waals surface area contributed by atoms with Crippen LogP contribution in [0.25, 0.3) is 11.2 Å². The summed E-state index contributed by atoms with van der Waals surface area (Å²) in [6.07, 6.45) is -0.169. The molecule has 5 atom stereocenters. The van der Waals surface area contributed by atoms with Crippen LogP contribution < -0.4 is 0 Å². The van der Waals surface area contributed by atoms with Crippen LogP contribution in [-0.2, 0) is 9.47 Å². The number of aromatic nitrogens is 4. The molecule has 124 valence electrons. The molecule has 23 heavy (non-hydrogen) atoms. The van der Waals surface area contributed by atoms with Crippen molar-refractivity contribution < 1.29 is 24.8 Å². The van der Waals surface area contributed by atoms with Crippen LogP contribution in [0.5, 0.6) is 0 Å². The van der Waals surface area contributed by atoms with Crippen molar-refractivity contribution in [2.75, 3.05) is 19.8 Å². The Morgan fingerprint density at radius 2 is 2.09 bits per heavy atom. The number of hydrogen-bond donors (Lipinski definition) is 3. The second-order valence-electron chi connectivity index (χ2n) is 5.87. The van der Waals surface area contributed by atoms with Crippen LogP contribution in [0.1, 0.15) is 24.3 Å². The van der Waals surface area contributed by atoms with Gasteiger partial charge >= 0.3 is 0 Å². The average molecular weight is 322 g/mol. The summed E-state index contributed by atoms with van der Waals surface area (Å²) >= 11 is 0. The van der Waals surface area contributed by atoms with Crippen molar-refractivity contribution in [2.24, 2.45) is 0 Å². The maximum Gasteiger partial charge on any atom is 0.165 e. The number of aliphatic hydroxyl groups is 3. The predicted octanol–water partition coefficient (Wildman–Crippen LogP) is -1.06. The Kier molecular flexibility index (Phi) is 3.74. The Labute approximate surface area is 131 Å². The smallest absolute Gasteiger partial charge is 0.165 e. The molecule has 0 aromatic carbocycles. The van der Waals surface area contributed by atoms with E-state index in [-0.39, 0.29) is 12.5 Å². The van der Waals surface area contributed by atoms with E-state index in [1.54, 1.807) is 4.57 Å². The Bertz CT molecular complexity index is 702. The molecule has 1 unspecified atom stereocenters. The van der Waals surface area contributed by atoms with Crippen molar-refractivity contribution in [3.8, 4) is 0 Å². The summed E-state index contributed by atoms with van der Waals surface area (Å²) in [7, 11) is 0. The van der Waals surface area contributed by atoms with E-state index >= 15 is 0 Å². The Morgan fingerprint density at radius 1 is 1.22 bits per heavy atom. The van der Waals surface area contributed by atoms with Gasteiger partial charge in [-0.15, -0.1) is 0 Å². The zero-order chi connectivity index (χ0) is 16.0. The summed E-state index contributed by atoms with van der Waals surface area (Å²) in [4.78, 5) is 12.9. The molecule has 2 aromatic rings. The first-order chi connectivity index (χ1) is 11.2. The fraction of sp³-hybridized carbons (Fsp3) is 0.643. The zero-order valence-corrected chi connectivity index (χ0v) is 12.3. The minimum atomic E-state index is -1.17. The van der Waals surface area contributed by atoms with Crippen molar-refractivity contribution in [3.63, 3.8) is 0 Å². The molecule has 0 amide bonds. The van der Waals surface area contributed by atoms with E-state index in [4.69, 9.17) is 9.47 Å². The standard InChI is InChI=1S/C14H18N4O5/c19-3-8-11(20)12(21)14(23-8)18-6-17-10-9(7-1-2-22-4-7)15-5-16-13(10)18/h5-8,11-12,14,19-21H,1-4H2/t7?,8-,11+,12+,14-/m1/s1. The summed E-state index contributed by atoms with van der Waals surface area (Å²) in [5.74, 6) is 0.175. The highest BCUT2D eigenvalue weighted by Gasteiger charge is 2.44. The van der Waals surface area contributed by atoms with Gasteiger partial charge in [-0.3, -0.25) is 4.57 Å². The van der Waals surface area contributed by atoms with Crippen LogP contribution in [0.4, 0.5) is 0 Å². The third kappa shape index (κ3) is 2.32. The third-order valence-corrected chi connectivity index (χ3v) is 4.49. The Hall–Kier alpha value is -1.65. The first-order valence-electron chi connectivity index (χ1n) is 7.58. The number of nitrogens with zero attached hydrogens (tertiary/aromatic N) is 4. The summed E-state index contributed by atoms with van der Waals surface area (Å²) in [5, 5.41) is 29.3. The summed E-state index contributed by atoms with van der Waals surface area (Å²) in [5.41, 5.74) is 1.98. The van der Waals surface area contributed by atoms with Crippen molar-refractivity contribution in [1.29, 1.82) is 0 Å². The molecule has 0 saturated carbocycles. The van der Waals surface area contributed by atoms with Crippen LogP contribution in [0.3, 0.4) is 0 Å². The lowest BCUT2D eigenvalue weighted by Gasteiger charge is -2.16. The van der Waals surface area contributed by atoms with Gasteiger partial charge in [-0.2, -0.15) is 0 Å². The van der Waals surface area contributed by atoms with Gasteiger partial charge < -0.3 is 24.8 Å². The predicted molar refractivity (Wildman–Crippen MR) is 76.5 cm³/mol. The molecule has 2 saturated heterocycles. The largest absolute Gasteiger partial charge is 0.394 e. The quantitative estimate of drug-likeness (QED) is 0.653. The van der Waals surface area contributed by atoms with Crippen LogP contribution in [0.15, 0.2) is 12.7 Å². The molecule has 0 aliphatic carbocycles. The topological polar surface area (TPSA) is 123 Å².